The number of aryl methyl sites for hydroxylation is 1. The van der Waals surface area contributed by atoms with Crippen molar-refractivity contribution in [1.82, 2.24) is 0 Å². The molecule has 0 radical (unpaired) electrons. The molecule has 0 saturated carbocycles. The Bertz CT molecular complexity index is 1320. The summed E-state index contributed by atoms with van der Waals surface area (Å²) in [6.45, 7) is 2.19. The molecule has 6 rings (SSSR count). The molecule has 0 N–H and O–H groups in total. The van der Waals surface area contributed by atoms with Gasteiger partial charge < -0.3 is 0 Å². The van der Waals surface area contributed by atoms with E-state index < -0.39 is 0 Å². The van der Waals surface area contributed by atoms with Gasteiger partial charge in [-0.05, 0) is 0 Å². The fourth-order valence-corrected chi connectivity index (χ4v) is 8.17. The van der Waals surface area contributed by atoms with E-state index in [4.69, 9.17) is 0 Å². The second-order valence-corrected chi connectivity index (χ2v) is 11.5. The van der Waals surface area contributed by atoms with Crippen LogP contribution in [0.5, 0.6) is 0 Å². The Morgan fingerprint density at radius 1 is 0.769 bits per heavy atom. The number of hydrogen-bond donors (Lipinski definition) is 0. The molecule has 26 heavy (non-hydrogen) atoms. The van der Waals surface area contributed by atoms with E-state index in [1.165, 1.54) is 47.5 Å². The summed E-state index contributed by atoms with van der Waals surface area (Å²) >= 11 is 1.64. The fraction of sp³-hybridized carbons (Fsp3) is 0.0833. The minimum absolute atomic E-state index is 0.249. The van der Waals surface area contributed by atoms with Gasteiger partial charge >= 0.3 is 166 Å². The van der Waals surface area contributed by atoms with Gasteiger partial charge in [-0.2, -0.15) is 0 Å². The zero-order chi connectivity index (χ0) is 17.3. The molecule has 2 heteroatoms. The Labute approximate surface area is 165 Å². The summed E-state index contributed by atoms with van der Waals surface area (Å²) in [5.74, 6) is 0. The molecule has 2 aromatic heterocycles. The molecule has 3 aromatic carbocycles. The number of hydrogen-bond acceptors (Lipinski definition) is 1. The molecular weight excluding hydrogens is 448 g/mol. The van der Waals surface area contributed by atoms with Gasteiger partial charge in [-0.1, -0.05) is 0 Å². The van der Waals surface area contributed by atoms with Gasteiger partial charge in [0, 0.05) is 0 Å². The number of allylic oxidation sites excluding steroid dienone is 4. The Hall–Kier alpha value is -1.85. The van der Waals surface area contributed by atoms with Crippen LogP contribution in [0.2, 0.25) is 0 Å². The first-order valence-electron chi connectivity index (χ1n) is 8.90. The predicted molar refractivity (Wildman–Crippen MR) is 118 cm³/mol. The first kappa shape index (κ1) is 15.2. The van der Waals surface area contributed by atoms with Gasteiger partial charge in [0.2, 0.25) is 0 Å². The second-order valence-electron chi connectivity index (χ2n) is 7.12. The van der Waals surface area contributed by atoms with Crippen LogP contribution in [-0.2, 0) is 0 Å². The predicted octanol–water partition coefficient (Wildman–Crippen LogP) is 7.07. The van der Waals surface area contributed by atoms with Crippen LogP contribution in [0.3, 0.4) is 0 Å². The van der Waals surface area contributed by atoms with Crippen LogP contribution in [0.15, 0.2) is 66.8 Å². The molecule has 0 bridgehead atoms. The molecule has 2 heterocycles. The number of rotatable bonds is 1. The molecule has 1 aliphatic carbocycles. The molecule has 0 nitrogen and oxygen atoms in total. The molecule has 0 atom stereocenters. The number of thiophene rings is 1. The van der Waals surface area contributed by atoms with Gasteiger partial charge in [0.25, 0.3) is 0 Å². The molecule has 5 aromatic rings. The van der Waals surface area contributed by atoms with Gasteiger partial charge in [0.15, 0.2) is 0 Å². The summed E-state index contributed by atoms with van der Waals surface area (Å²) in [7, 11) is 0. The van der Waals surface area contributed by atoms with Crippen molar-refractivity contribution >= 4 is 77.8 Å². The zero-order valence-electron chi connectivity index (χ0n) is 14.4. The minimum atomic E-state index is -0.249. The van der Waals surface area contributed by atoms with Gasteiger partial charge in [0.1, 0.15) is 0 Å². The summed E-state index contributed by atoms with van der Waals surface area (Å²) in [4.78, 5) is 1.39. The first-order valence-corrected chi connectivity index (χ1v) is 12.0. The van der Waals surface area contributed by atoms with E-state index >= 15 is 0 Å². The van der Waals surface area contributed by atoms with Crippen molar-refractivity contribution in [3.63, 3.8) is 0 Å². The molecule has 0 saturated heterocycles. The first-order chi connectivity index (χ1) is 12.7. The molecular formula is C24H16STe. The molecule has 124 valence electrons. The SMILES string of the molecule is Cc1cc2cc3cc4cc5[te]c(C6=CC=CC6)cc5cc4cc3cc2s1. The van der Waals surface area contributed by atoms with Gasteiger partial charge in [-0.3, -0.25) is 0 Å². The van der Waals surface area contributed by atoms with Crippen molar-refractivity contribution in [1.29, 1.82) is 0 Å². The van der Waals surface area contributed by atoms with E-state index in [0.717, 1.165) is 6.42 Å². The van der Waals surface area contributed by atoms with Crippen LogP contribution < -0.4 is 0 Å². The van der Waals surface area contributed by atoms with Crippen molar-refractivity contribution in [2.45, 2.75) is 13.3 Å². The van der Waals surface area contributed by atoms with E-state index in [1.807, 2.05) is 11.3 Å². The van der Waals surface area contributed by atoms with E-state index in [-0.39, 0.29) is 20.4 Å². The summed E-state index contributed by atoms with van der Waals surface area (Å²) in [6, 6.07) is 19.1. The summed E-state index contributed by atoms with van der Waals surface area (Å²) in [5, 5.41) is 8.30. The third-order valence-corrected chi connectivity index (χ3v) is 9.64. The van der Waals surface area contributed by atoms with E-state index in [1.54, 1.807) is 6.98 Å². The maximum atomic E-state index is 2.46. The van der Waals surface area contributed by atoms with Crippen LogP contribution in [0.25, 0.3) is 46.0 Å². The summed E-state index contributed by atoms with van der Waals surface area (Å²) in [6.07, 6.45) is 7.88. The maximum absolute atomic E-state index is 2.46. The quantitative estimate of drug-likeness (QED) is 0.184. The van der Waals surface area contributed by atoms with Crippen molar-refractivity contribution < 1.29 is 0 Å². The molecule has 0 unspecified atom stereocenters. The van der Waals surface area contributed by atoms with E-state index in [2.05, 4.69) is 73.7 Å². The average molecular weight is 464 g/mol. The van der Waals surface area contributed by atoms with E-state index in [0.29, 0.717) is 0 Å². The number of benzene rings is 3. The molecule has 0 amide bonds. The standard InChI is InChI=1S/C24H16STe/c1-14-6-20-9-16-8-19-12-24-21(13-23(26-24)15-4-2-3-5-15)10-17(19)7-18(16)11-22(20)25-14/h2-4,6-13H,5H2,1H3. The van der Waals surface area contributed by atoms with Crippen molar-refractivity contribution in [3.8, 4) is 0 Å². The van der Waals surface area contributed by atoms with Crippen molar-refractivity contribution in [2.75, 3.05) is 0 Å². The van der Waals surface area contributed by atoms with Crippen molar-refractivity contribution in [2.24, 2.45) is 0 Å². The topological polar surface area (TPSA) is 0 Å². The third kappa shape index (κ3) is 2.33. The average Bonchev–Trinajstić information content (AvgIpc) is 3.33. The Morgan fingerprint density at radius 3 is 2.31 bits per heavy atom. The summed E-state index contributed by atoms with van der Waals surface area (Å²) < 4.78 is 4.61. The van der Waals surface area contributed by atoms with Gasteiger partial charge in [-0.25, -0.2) is 0 Å². The summed E-state index contributed by atoms with van der Waals surface area (Å²) in [5.41, 5.74) is 1.54. The zero-order valence-corrected chi connectivity index (χ0v) is 17.5. The van der Waals surface area contributed by atoms with Crippen LogP contribution in [0, 0.1) is 6.92 Å². The Kier molecular flexibility index (Phi) is 3.26. The fourth-order valence-electron chi connectivity index (χ4n) is 4.00. The van der Waals surface area contributed by atoms with E-state index in [9.17, 15) is 0 Å². The normalized spacial score (nSPS) is 14.3. The van der Waals surface area contributed by atoms with Gasteiger partial charge in [0.05, 0.1) is 0 Å². The molecule has 1 aliphatic rings. The molecule has 0 aliphatic heterocycles. The van der Waals surface area contributed by atoms with Crippen LogP contribution in [0.4, 0.5) is 0 Å². The van der Waals surface area contributed by atoms with Crippen LogP contribution in [-0.4, -0.2) is 20.4 Å². The van der Waals surface area contributed by atoms with Crippen molar-refractivity contribution in [3.05, 3.63) is 75.2 Å². The van der Waals surface area contributed by atoms with Gasteiger partial charge in [-0.15, -0.1) is 0 Å². The monoisotopic (exact) mass is 466 g/mol. The second kappa shape index (κ2) is 5.57. The molecule has 0 spiro atoms. The van der Waals surface area contributed by atoms with Crippen LogP contribution >= 0.6 is 11.3 Å². The Balaban J connectivity index is 1.61. The van der Waals surface area contributed by atoms with Crippen LogP contribution in [0.1, 0.15) is 14.9 Å². The number of fused-ring (bicyclic) bond motifs is 4. The Morgan fingerprint density at radius 2 is 1.50 bits per heavy atom. The molecule has 0 fully saturated rings. The third-order valence-electron chi connectivity index (χ3n) is 5.28.